The minimum absolute atomic E-state index is 0.153. The van der Waals surface area contributed by atoms with Gasteiger partial charge in [0.15, 0.2) is 5.78 Å². The number of carbonyl (C=O) groups excluding carboxylic acids is 2. The second-order valence-corrected chi connectivity index (χ2v) is 2.77. The molecule has 0 heterocycles. The molecule has 0 bridgehead atoms. The van der Waals surface area contributed by atoms with Crippen LogP contribution < -0.4 is 11.5 Å². The van der Waals surface area contributed by atoms with E-state index >= 15 is 0 Å². The van der Waals surface area contributed by atoms with E-state index in [0.29, 0.717) is 19.3 Å². The van der Waals surface area contributed by atoms with Crippen LogP contribution in [0.5, 0.6) is 0 Å². The minimum Gasteiger partial charge on any atom is -0.321 e. The average molecular weight is 172 g/mol. The molecule has 4 nitrogen and oxygen atoms in total. The molecule has 0 aromatic carbocycles. The molecule has 4 N–H and O–H groups in total. The second kappa shape index (κ2) is 5.85. The fourth-order valence-electron chi connectivity index (χ4n) is 0.866. The van der Waals surface area contributed by atoms with Crippen LogP contribution in [0.3, 0.4) is 0 Å². The molecule has 4 heteroatoms. The fourth-order valence-corrected chi connectivity index (χ4v) is 0.866. The van der Waals surface area contributed by atoms with Crippen LogP contribution in [0.15, 0.2) is 0 Å². The Morgan fingerprint density at radius 1 is 1.42 bits per heavy atom. The Bertz CT molecular complexity index is 159. The average Bonchev–Trinajstić information content (AvgIpc) is 2.11. The molecule has 12 heavy (non-hydrogen) atoms. The number of ketones is 1. The van der Waals surface area contributed by atoms with Crippen molar-refractivity contribution >= 4 is 12.1 Å². The lowest BCUT2D eigenvalue weighted by atomic mass is 10.0. The molecule has 0 aliphatic carbocycles. The van der Waals surface area contributed by atoms with Gasteiger partial charge in [-0.2, -0.15) is 0 Å². The number of hydrogen-bond acceptors (Lipinski definition) is 4. The Balaban J connectivity index is 3.83. The van der Waals surface area contributed by atoms with Crippen LogP contribution in [0.1, 0.15) is 26.2 Å². The monoisotopic (exact) mass is 172 g/mol. The van der Waals surface area contributed by atoms with Gasteiger partial charge in [-0.15, -0.1) is 0 Å². The van der Waals surface area contributed by atoms with E-state index in [1.807, 2.05) is 6.92 Å². The predicted molar refractivity (Wildman–Crippen MR) is 46.5 cm³/mol. The van der Waals surface area contributed by atoms with Gasteiger partial charge < -0.3 is 16.3 Å². The summed E-state index contributed by atoms with van der Waals surface area (Å²) >= 11 is 0. The molecule has 0 amide bonds. The Kier molecular flexibility index (Phi) is 5.49. The van der Waals surface area contributed by atoms with Gasteiger partial charge in [-0.05, 0) is 12.8 Å². The molecule has 70 valence electrons. The first-order valence-electron chi connectivity index (χ1n) is 4.12. The highest BCUT2D eigenvalue weighted by atomic mass is 16.1. The van der Waals surface area contributed by atoms with Gasteiger partial charge in [0, 0.05) is 6.42 Å². The third kappa shape index (κ3) is 3.59. The Morgan fingerprint density at radius 2 is 2.00 bits per heavy atom. The van der Waals surface area contributed by atoms with Gasteiger partial charge in [-0.1, -0.05) is 6.92 Å². The van der Waals surface area contributed by atoms with E-state index in [2.05, 4.69) is 0 Å². The molecular formula is C8H16N2O2. The quantitative estimate of drug-likeness (QED) is 0.534. The first-order chi connectivity index (χ1) is 5.63. The molecule has 0 radical (unpaired) electrons. The lowest BCUT2D eigenvalue weighted by molar-refractivity contribution is -0.121. The van der Waals surface area contributed by atoms with Gasteiger partial charge in [-0.3, -0.25) is 4.79 Å². The van der Waals surface area contributed by atoms with Gasteiger partial charge >= 0.3 is 0 Å². The highest BCUT2D eigenvalue weighted by molar-refractivity contribution is 5.88. The van der Waals surface area contributed by atoms with Crippen LogP contribution in [0.4, 0.5) is 0 Å². The summed E-state index contributed by atoms with van der Waals surface area (Å²) in [7, 11) is 0. The summed E-state index contributed by atoms with van der Waals surface area (Å²) in [6.07, 6.45) is 2.07. The molecular weight excluding hydrogens is 156 g/mol. The summed E-state index contributed by atoms with van der Waals surface area (Å²) in [6.45, 7) is 1.83. The molecule has 0 aliphatic heterocycles. The van der Waals surface area contributed by atoms with Crippen LogP contribution in [0.25, 0.3) is 0 Å². The van der Waals surface area contributed by atoms with E-state index in [9.17, 15) is 9.59 Å². The third-order valence-electron chi connectivity index (χ3n) is 1.77. The fraction of sp³-hybridized carbons (Fsp3) is 0.750. The zero-order valence-corrected chi connectivity index (χ0v) is 7.32. The molecule has 0 fully saturated rings. The lowest BCUT2D eigenvalue weighted by Gasteiger charge is -2.13. The Morgan fingerprint density at radius 3 is 2.42 bits per heavy atom. The van der Waals surface area contributed by atoms with Crippen molar-refractivity contribution in [3.05, 3.63) is 0 Å². The zero-order valence-electron chi connectivity index (χ0n) is 7.32. The van der Waals surface area contributed by atoms with E-state index in [0.717, 1.165) is 6.29 Å². The highest BCUT2D eigenvalue weighted by Gasteiger charge is 2.18. The van der Waals surface area contributed by atoms with Crippen molar-refractivity contribution in [2.24, 2.45) is 11.5 Å². The van der Waals surface area contributed by atoms with Crippen LogP contribution in [0.2, 0.25) is 0 Å². The van der Waals surface area contributed by atoms with Crippen molar-refractivity contribution in [3.63, 3.8) is 0 Å². The molecule has 0 spiro atoms. The first-order valence-corrected chi connectivity index (χ1v) is 4.12. The molecule has 0 rings (SSSR count). The molecule has 0 aromatic heterocycles. The second-order valence-electron chi connectivity index (χ2n) is 2.77. The SMILES string of the molecule is CCC(N)C(=O)C(N)CCC=O. The maximum absolute atomic E-state index is 11.2. The smallest absolute Gasteiger partial charge is 0.166 e. The summed E-state index contributed by atoms with van der Waals surface area (Å²) < 4.78 is 0. The van der Waals surface area contributed by atoms with Crippen LogP contribution in [0, 0.1) is 0 Å². The molecule has 0 aromatic rings. The van der Waals surface area contributed by atoms with Gasteiger partial charge in [0.2, 0.25) is 0 Å². The van der Waals surface area contributed by atoms with Gasteiger partial charge in [0.1, 0.15) is 6.29 Å². The normalized spacial score (nSPS) is 15.2. The number of nitrogens with two attached hydrogens (primary N) is 2. The summed E-state index contributed by atoms with van der Waals surface area (Å²) in [5, 5.41) is 0. The molecule has 0 saturated heterocycles. The van der Waals surface area contributed by atoms with E-state index in [-0.39, 0.29) is 5.78 Å². The van der Waals surface area contributed by atoms with Crippen molar-refractivity contribution in [3.8, 4) is 0 Å². The summed E-state index contributed by atoms with van der Waals surface area (Å²) in [5.41, 5.74) is 11.0. The van der Waals surface area contributed by atoms with E-state index in [1.54, 1.807) is 0 Å². The molecule has 0 saturated carbocycles. The third-order valence-corrected chi connectivity index (χ3v) is 1.77. The van der Waals surface area contributed by atoms with Crippen molar-refractivity contribution < 1.29 is 9.59 Å². The number of hydrogen-bond donors (Lipinski definition) is 2. The number of aldehydes is 1. The number of carbonyl (C=O) groups is 2. The van der Waals surface area contributed by atoms with Crippen molar-refractivity contribution in [2.45, 2.75) is 38.3 Å². The summed E-state index contributed by atoms with van der Waals surface area (Å²) in [5.74, 6) is -0.153. The van der Waals surface area contributed by atoms with Crippen molar-refractivity contribution in [1.82, 2.24) is 0 Å². The molecule has 2 atom stereocenters. The minimum atomic E-state index is -0.579. The van der Waals surface area contributed by atoms with E-state index in [1.165, 1.54) is 0 Å². The Hall–Kier alpha value is -0.740. The topological polar surface area (TPSA) is 86.2 Å². The van der Waals surface area contributed by atoms with Crippen molar-refractivity contribution in [2.75, 3.05) is 0 Å². The maximum Gasteiger partial charge on any atom is 0.166 e. The largest absolute Gasteiger partial charge is 0.321 e. The van der Waals surface area contributed by atoms with Gasteiger partial charge in [0.25, 0.3) is 0 Å². The molecule has 0 aliphatic rings. The van der Waals surface area contributed by atoms with Gasteiger partial charge in [-0.25, -0.2) is 0 Å². The van der Waals surface area contributed by atoms with Crippen LogP contribution >= 0.6 is 0 Å². The van der Waals surface area contributed by atoms with Crippen LogP contribution in [-0.4, -0.2) is 24.2 Å². The summed E-state index contributed by atoms with van der Waals surface area (Å²) in [6, 6.07) is -1.06. The van der Waals surface area contributed by atoms with Crippen LogP contribution in [-0.2, 0) is 9.59 Å². The highest BCUT2D eigenvalue weighted by Crippen LogP contribution is 1.98. The van der Waals surface area contributed by atoms with Crippen molar-refractivity contribution in [1.29, 1.82) is 0 Å². The summed E-state index contributed by atoms with van der Waals surface area (Å²) in [4.78, 5) is 21.2. The van der Waals surface area contributed by atoms with E-state index < -0.39 is 12.1 Å². The van der Waals surface area contributed by atoms with Gasteiger partial charge in [0.05, 0.1) is 12.1 Å². The standard InChI is InChI=1S/C8H16N2O2/c1-2-6(9)8(12)7(10)4-3-5-11/h5-7H,2-4,9-10H2,1H3. The molecule has 2 unspecified atom stereocenters. The number of Topliss-reactive ketones (excluding diaryl/α,β-unsaturated/α-hetero) is 1. The Labute approximate surface area is 72.3 Å². The first kappa shape index (κ1) is 11.3. The predicted octanol–water partition coefficient (Wildman–Crippen LogP) is -0.401. The maximum atomic E-state index is 11.2. The number of rotatable bonds is 6. The lowest BCUT2D eigenvalue weighted by Crippen LogP contribution is -2.42. The van der Waals surface area contributed by atoms with E-state index in [4.69, 9.17) is 11.5 Å². The zero-order chi connectivity index (χ0) is 9.56.